The second-order valence-electron chi connectivity index (χ2n) is 7.79. The summed E-state index contributed by atoms with van der Waals surface area (Å²) in [4.78, 5) is 27.8. The van der Waals surface area contributed by atoms with Crippen molar-refractivity contribution in [3.05, 3.63) is 65.7 Å². The zero-order valence-corrected chi connectivity index (χ0v) is 19.0. The van der Waals surface area contributed by atoms with Gasteiger partial charge in [0, 0.05) is 37.0 Å². The Morgan fingerprint density at radius 2 is 1.68 bits per heavy atom. The van der Waals surface area contributed by atoms with Crippen molar-refractivity contribution in [1.82, 2.24) is 0 Å². The molecule has 0 bridgehead atoms. The Bertz CT molecular complexity index is 1050. The molecular formula is C23H26N3O4P-2. The summed E-state index contributed by atoms with van der Waals surface area (Å²) < 4.78 is 10.8. The van der Waals surface area contributed by atoms with Crippen molar-refractivity contribution in [2.75, 3.05) is 25.5 Å². The highest BCUT2D eigenvalue weighted by atomic mass is 31.2. The number of anilines is 1. The number of fused-ring (bicyclic) bond motifs is 1. The van der Waals surface area contributed by atoms with Crippen LogP contribution in [0.1, 0.15) is 31.4 Å². The van der Waals surface area contributed by atoms with E-state index in [1.807, 2.05) is 7.05 Å². The smallest absolute Gasteiger partial charge is 0.209 e. The van der Waals surface area contributed by atoms with Gasteiger partial charge in [0.2, 0.25) is 5.69 Å². The van der Waals surface area contributed by atoms with Crippen LogP contribution >= 0.6 is 7.82 Å². The Morgan fingerprint density at radius 3 is 2.23 bits per heavy atom. The zero-order chi connectivity index (χ0) is 23.2. The molecule has 0 spiro atoms. The van der Waals surface area contributed by atoms with Crippen molar-refractivity contribution >= 4 is 31.0 Å². The van der Waals surface area contributed by atoms with Crippen LogP contribution in [0.4, 0.5) is 11.4 Å². The number of nitriles is 1. The molecule has 0 aliphatic carbocycles. The number of benzene rings is 2. The van der Waals surface area contributed by atoms with Crippen LogP contribution in [0.3, 0.4) is 0 Å². The van der Waals surface area contributed by atoms with Crippen LogP contribution in [-0.4, -0.2) is 30.9 Å². The van der Waals surface area contributed by atoms with Crippen LogP contribution in [-0.2, 0) is 9.98 Å². The molecule has 1 aliphatic heterocycles. The van der Waals surface area contributed by atoms with Gasteiger partial charge in [-0.3, -0.25) is 0 Å². The molecule has 164 valence electrons. The van der Waals surface area contributed by atoms with Crippen LogP contribution in [0.2, 0.25) is 0 Å². The number of rotatable bonds is 5. The topological polar surface area (TPSA) is 116 Å². The Balaban J connectivity index is 0.000000614. The predicted octanol–water partition coefficient (Wildman–Crippen LogP) is 1.93. The third-order valence-electron chi connectivity index (χ3n) is 5.27. The lowest BCUT2D eigenvalue weighted by atomic mass is 9.81. The average molecular weight is 439 g/mol. The van der Waals surface area contributed by atoms with Gasteiger partial charge in [-0.05, 0) is 37.6 Å². The lowest BCUT2D eigenvalue weighted by Crippen LogP contribution is -2.26. The lowest BCUT2D eigenvalue weighted by Gasteiger charge is -2.36. The molecule has 0 fully saturated rings. The second-order valence-corrected chi connectivity index (χ2v) is 8.68. The fourth-order valence-electron chi connectivity index (χ4n) is 3.66. The minimum absolute atomic E-state index is 0.000698. The molecule has 2 aromatic rings. The van der Waals surface area contributed by atoms with Gasteiger partial charge in [0.15, 0.2) is 5.71 Å². The standard InChI is InChI=1S/C23H26N3.H3O4P/c1-23(2)20-8-5-6-9-21(20)26(4)22(23)15-12-18-10-13-19(14-11-18)25(3)17-7-16-24;1-5(2,3)4/h5-6,8-15H,7,17H2,1-4H3;(H3,1,2,3,4)/q+1;/p-3. The molecule has 0 atom stereocenters. The summed E-state index contributed by atoms with van der Waals surface area (Å²) in [5, 5.41) is 8.72. The molecule has 8 heteroatoms. The molecule has 0 saturated heterocycles. The van der Waals surface area contributed by atoms with Crippen LogP contribution in [0, 0.1) is 11.3 Å². The quantitative estimate of drug-likeness (QED) is 0.519. The van der Waals surface area contributed by atoms with Gasteiger partial charge in [0.25, 0.3) is 0 Å². The van der Waals surface area contributed by atoms with Gasteiger partial charge in [-0.2, -0.15) is 17.7 Å². The minimum Gasteiger partial charge on any atom is -0.822 e. The first-order chi connectivity index (χ1) is 14.4. The molecule has 0 unspecified atom stereocenters. The molecule has 0 saturated carbocycles. The number of nitrogens with zero attached hydrogens (tertiary/aromatic N) is 3. The molecule has 0 amide bonds. The fraction of sp³-hybridized carbons (Fsp3) is 0.304. The monoisotopic (exact) mass is 439 g/mol. The summed E-state index contributed by atoms with van der Waals surface area (Å²) in [6.45, 7) is 5.31. The minimum atomic E-state index is -5.39. The Kier molecular flexibility index (Phi) is 7.94. The Labute approximate surface area is 183 Å². The first kappa shape index (κ1) is 24.5. The molecule has 1 heterocycles. The number of phosphoric acid groups is 1. The first-order valence-electron chi connectivity index (χ1n) is 9.75. The van der Waals surface area contributed by atoms with Crippen LogP contribution in [0.15, 0.2) is 54.6 Å². The van der Waals surface area contributed by atoms with Crippen molar-refractivity contribution in [1.29, 1.82) is 5.26 Å². The van der Waals surface area contributed by atoms with Gasteiger partial charge in [0.05, 0.1) is 17.9 Å². The Morgan fingerprint density at radius 1 is 1.10 bits per heavy atom. The normalized spacial score (nSPS) is 14.6. The van der Waals surface area contributed by atoms with E-state index < -0.39 is 7.82 Å². The van der Waals surface area contributed by atoms with Crippen LogP contribution < -0.4 is 19.6 Å². The Hall–Kier alpha value is -2.75. The maximum Gasteiger partial charge on any atom is 0.209 e. The second kappa shape index (κ2) is 10.0. The maximum absolute atomic E-state index is 8.72. The van der Waals surface area contributed by atoms with Gasteiger partial charge in [-0.25, -0.2) is 0 Å². The SMILES string of the molecule is CN(CCC#N)c1ccc(/C=C/C2=[N+](C)c3ccccc3C2(C)C)cc1.O=P([O-])([O-])[O-]. The molecule has 0 N–H and O–H groups in total. The van der Waals surface area contributed by atoms with Gasteiger partial charge >= 0.3 is 0 Å². The summed E-state index contributed by atoms with van der Waals surface area (Å²) in [7, 11) is -1.23. The predicted molar refractivity (Wildman–Crippen MR) is 117 cm³/mol. The van der Waals surface area contributed by atoms with Crippen LogP contribution in [0.25, 0.3) is 6.08 Å². The first-order valence-corrected chi connectivity index (χ1v) is 11.2. The summed E-state index contributed by atoms with van der Waals surface area (Å²) >= 11 is 0. The molecule has 3 rings (SSSR count). The molecular weight excluding hydrogens is 413 g/mol. The van der Waals surface area contributed by atoms with Gasteiger partial charge in [-0.1, -0.05) is 30.3 Å². The zero-order valence-electron chi connectivity index (χ0n) is 18.1. The van der Waals surface area contributed by atoms with Gasteiger partial charge in [-0.15, -0.1) is 0 Å². The van der Waals surface area contributed by atoms with Crippen molar-refractivity contribution in [3.8, 4) is 6.07 Å². The van der Waals surface area contributed by atoms with E-state index in [2.05, 4.69) is 97.1 Å². The largest absolute Gasteiger partial charge is 0.822 e. The molecule has 1 aliphatic rings. The van der Waals surface area contributed by atoms with E-state index in [1.165, 1.54) is 22.5 Å². The molecule has 2 aromatic carbocycles. The fourth-order valence-corrected chi connectivity index (χ4v) is 3.66. The van der Waals surface area contributed by atoms with E-state index >= 15 is 0 Å². The number of hydrogen-bond acceptors (Lipinski definition) is 6. The van der Waals surface area contributed by atoms with Crippen LogP contribution in [0.5, 0.6) is 0 Å². The highest BCUT2D eigenvalue weighted by Crippen LogP contribution is 2.39. The summed E-state index contributed by atoms with van der Waals surface area (Å²) in [5.74, 6) is 0. The third-order valence-corrected chi connectivity index (χ3v) is 5.27. The van der Waals surface area contributed by atoms with E-state index in [0.29, 0.717) is 6.42 Å². The molecule has 7 nitrogen and oxygen atoms in total. The summed E-state index contributed by atoms with van der Waals surface area (Å²) in [6, 6.07) is 19.3. The summed E-state index contributed by atoms with van der Waals surface area (Å²) in [6.07, 6.45) is 4.95. The maximum atomic E-state index is 8.72. The van der Waals surface area contributed by atoms with E-state index in [9.17, 15) is 0 Å². The number of hydrogen-bond donors (Lipinski definition) is 0. The molecule has 0 radical (unpaired) electrons. The highest BCUT2D eigenvalue weighted by Gasteiger charge is 2.42. The van der Waals surface area contributed by atoms with Gasteiger partial charge < -0.3 is 24.1 Å². The van der Waals surface area contributed by atoms with E-state index in [0.717, 1.165) is 12.2 Å². The molecule has 0 aromatic heterocycles. The van der Waals surface area contributed by atoms with E-state index in [4.69, 9.17) is 24.5 Å². The third kappa shape index (κ3) is 6.61. The van der Waals surface area contributed by atoms with Crippen molar-refractivity contribution < 1.29 is 23.8 Å². The number of para-hydroxylation sites is 1. The van der Waals surface area contributed by atoms with Crippen molar-refractivity contribution in [2.45, 2.75) is 25.7 Å². The molecule has 31 heavy (non-hydrogen) atoms. The van der Waals surface area contributed by atoms with E-state index in [1.54, 1.807) is 0 Å². The number of allylic oxidation sites excluding steroid dienone is 1. The van der Waals surface area contributed by atoms with Crippen molar-refractivity contribution in [2.24, 2.45) is 0 Å². The lowest BCUT2D eigenvalue weighted by molar-refractivity contribution is -0.432. The summed E-state index contributed by atoms with van der Waals surface area (Å²) in [5.41, 5.74) is 6.27. The van der Waals surface area contributed by atoms with Crippen molar-refractivity contribution in [3.63, 3.8) is 0 Å². The highest BCUT2D eigenvalue weighted by molar-refractivity contribution is 7.40. The van der Waals surface area contributed by atoms with Gasteiger partial charge in [0.1, 0.15) is 7.05 Å². The average Bonchev–Trinajstić information content (AvgIpc) is 2.90. The van der Waals surface area contributed by atoms with E-state index in [-0.39, 0.29) is 5.41 Å².